The summed E-state index contributed by atoms with van der Waals surface area (Å²) in [5.41, 5.74) is 5.50. The Kier molecular flexibility index (Phi) is 3.40. The first-order valence-electron chi connectivity index (χ1n) is 3.35. The number of hydrogen-bond donors (Lipinski definition) is 4. The minimum absolute atomic E-state index is 0.424. The molecule has 76 valence electrons. The Morgan fingerprint density at radius 1 is 1.46 bits per heavy atom. The molecule has 1 atom stereocenters. The van der Waals surface area contributed by atoms with Gasteiger partial charge in [-0.05, 0) is 19.9 Å². The SMILES string of the molecule is CC(C)=CC(N)(C(=O)O)P(=O)(O)O. The van der Waals surface area contributed by atoms with Crippen molar-refractivity contribution < 1.29 is 24.3 Å². The first-order chi connectivity index (χ1) is 5.61. The smallest absolute Gasteiger partial charge is 0.360 e. The quantitative estimate of drug-likeness (QED) is 0.379. The summed E-state index contributed by atoms with van der Waals surface area (Å²) < 4.78 is 10.8. The predicted molar refractivity (Wildman–Crippen MR) is 46.0 cm³/mol. The van der Waals surface area contributed by atoms with Crippen molar-refractivity contribution in [2.45, 2.75) is 19.1 Å². The van der Waals surface area contributed by atoms with Gasteiger partial charge in [-0.25, -0.2) is 4.79 Å². The highest BCUT2D eigenvalue weighted by molar-refractivity contribution is 7.55. The Labute approximate surface area is 75.2 Å². The van der Waals surface area contributed by atoms with Crippen molar-refractivity contribution in [2.24, 2.45) is 5.73 Å². The standard InChI is InChI=1S/C6H12NO5P/c1-4(2)3-6(7,5(8)9)13(10,11)12/h3H,7H2,1-2H3,(H,8,9)(H2,10,11,12). The molecule has 0 aliphatic rings. The first kappa shape index (κ1) is 12.3. The van der Waals surface area contributed by atoms with Gasteiger partial charge in [-0.3, -0.25) is 4.57 Å². The van der Waals surface area contributed by atoms with Gasteiger partial charge in [0, 0.05) is 0 Å². The topological polar surface area (TPSA) is 121 Å². The fraction of sp³-hybridized carbons (Fsp3) is 0.500. The van der Waals surface area contributed by atoms with Crippen LogP contribution in [0.25, 0.3) is 0 Å². The normalized spacial score (nSPS) is 16.1. The zero-order valence-corrected chi connectivity index (χ0v) is 8.15. The monoisotopic (exact) mass is 209 g/mol. The average Bonchev–Trinajstić information content (AvgIpc) is 1.82. The largest absolute Gasteiger partial charge is 0.479 e. The van der Waals surface area contributed by atoms with Crippen LogP contribution in [0.5, 0.6) is 0 Å². The summed E-state index contributed by atoms with van der Waals surface area (Å²) in [5, 5.41) is 5.94. The Morgan fingerprint density at radius 3 is 1.92 bits per heavy atom. The molecule has 6 nitrogen and oxygen atoms in total. The maximum atomic E-state index is 10.8. The molecule has 0 fully saturated rings. The molecule has 1 unspecified atom stereocenters. The van der Waals surface area contributed by atoms with E-state index < -0.39 is 18.8 Å². The van der Waals surface area contributed by atoms with E-state index in [1.165, 1.54) is 13.8 Å². The third-order valence-electron chi connectivity index (χ3n) is 1.33. The van der Waals surface area contributed by atoms with E-state index >= 15 is 0 Å². The molecule has 7 heteroatoms. The van der Waals surface area contributed by atoms with Gasteiger partial charge in [-0.1, -0.05) is 5.57 Å². The van der Waals surface area contributed by atoms with Gasteiger partial charge < -0.3 is 20.6 Å². The minimum atomic E-state index is -4.90. The number of carboxylic acids is 1. The van der Waals surface area contributed by atoms with Crippen LogP contribution in [0.15, 0.2) is 11.6 Å². The summed E-state index contributed by atoms with van der Waals surface area (Å²) in [6.07, 6.45) is 0.843. The van der Waals surface area contributed by atoms with E-state index in [0.29, 0.717) is 5.57 Å². The van der Waals surface area contributed by atoms with Crippen LogP contribution in [0, 0.1) is 0 Å². The summed E-state index contributed by atoms with van der Waals surface area (Å²) >= 11 is 0. The van der Waals surface area contributed by atoms with Crippen LogP contribution in [-0.4, -0.2) is 26.1 Å². The molecule has 0 radical (unpaired) electrons. The van der Waals surface area contributed by atoms with Crippen LogP contribution < -0.4 is 5.73 Å². The lowest BCUT2D eigenvalue weighted by atomic mass is 10.2. The van der Waals surface area contributed by atoms with E-state index in [1.54, 1.807) is 0 Å². The second-order valence-electron chi connectivity index (χ2n) is 2.90. The Bertz CT molecular complexity index is 289. The lowest BCUT2D eigenvalue weighted by molar-refractivity contribution is -0.139. The molecular weight excluding hydrogens is 197 g/mol. The van der Waals surface area contributed by atoms with E-state index in [-0.39, 0.29) is 0 Å². The molecule has 0 aromatic rings. The number of hydrogen-bond acceptors (Lipinski definition) is 3. The van der Waals surface area contributed by atoms with Gasteiger partial charge in [-0.15, -0.1) is 0 Å². The van der Waals surface area contributed by atoms with Crippen molar-refractivity contribution in [2.75, 3.05) is 0 Å². The summed E-state index contributed by atoms with van der Waals surface area (Å²) in [5.74, 6) is -1.75. The zero-order chi connectivity index (χ0) is 10.9. The number of rotatable bonds is 3. The van der Waals surface area contributed by atoms with Crippen LogP contribution in [-0.2, 0) is 9.36 Å². The average molecular weight is 209 g/mol. The molecule has 0 aliphatic heterocycles. The predicted octanol–water partition coefficient (Wildman–Crippen LogP) is -0.130. The molecule has 0 bridgehead atoms. The van der Waals surface area contributed by atoms with E-state index in [0.717, 1.165) is 6.08 Å². The number of carboxylic acid groups (broad SMARTS) is 1. The second kappa shape index (κ2) is 3.59. The van der Waals surface area contributed by atoms with Crippen LogP contribution in [0.4, 0.5) is 0 Å². The zero-order valence-electron chi connectivity index (χ0n) is 7.26. The maximum absolute atomic E-state index is 10.8. The molecule has 0 heterocycles. The van der Waals surface area contributed by atoms with Gasteiger partial charge in [0.2, 0.25) is 5.28 Å². The Hall–Kier alpha value is -0.680. The van der Waals surface area contributed by atoms with Crippen molar-refractivity contribution in [3.63, 3.8) is 0 Å². The molecule has 0 aromatic heterocycles. The molecule has 0 aromatic carbocycles. The van der Waals surface area contributed by atoms with Crippen LogP contribution in [0.3, 0.4) is 0 Å². The molecule has 0 amide bonds. The summed E-state index contributed by atoms with van der Waals surface area (Å²) in [4.78, 5) is 28.0. The number of nitrogens with two attached hydrogens (primary N) is 1. The van der Waals surface area contributed by atoms with Crippen molar-refractivity contribution in [1.29, 1.82) is 0 Å². The van der Waals surface area contributed by atoms with Gasteiger partial charge in [0.05, 0.1) is 0 Å². The Morgan fingerprint density at radius 2 is 1.85 bits per heavy atom. The lowest BCUT2D eigenvalue weighted by Crippen LogP contribution is -2.45. The number of aliphatic carboxylic acids is 1. The highest BCUT2D eigenvalue weighted by Gasteiger charge is 2.48. The third-order valence-corrected chi connectivity index (χ3v) is 2.62. The van der Waals surface area contributed by atoms with Gasteiger partial charge in [0.15, 0.2) is 0 Å². The summed E-state index contributed by atoms with van der Waals surface area (Å²) in [7, 11) is -4.90. The third kappa shape index (κ3) is 2.63. The van der Waals surface area contributed by atoms with Crippen molar-refractivity contribution >= 4 is 13.6 Å². The van der Waals surface area contributed by atoms with Crippen LogP contribution in [0.2, 0.25) is 0 Å². The molecule has 13 heavy (non-hydrogen) atoms. The van der Waals surface area contributed by atoms with Crippen LogP contribution >= 0.6 is 7.60 Å². The molecule has 5 N–H and O–H groups in total. The molecule has 0 aliphatic carbocycles. The fourth-order valence-corrected chi connectivity index (χ4v) is 1.39. The highest BCUT2D eigenvalue weighted by atomic mass is 31.2. The van der Waals surface area contributed by atoms with E-state index in [4.69, 9.17) is 20.6 Å². The summed E-state index contributed by atoms with van der Waals surface area (Å²) in [6.45, 7) is 3.00. The second-order valence-corrected chi connectivity index (χ2v) is 4.72. The van der Waals surface area contributed by atoms with Crippen molar-refractivity contribution in [3.05, 3.63) is 11.6 Å². The Balaban J connectivity index is 5.35. The fourth-order valence-electron chi connectivity index (χ4n) is 0.711. The number of carbonyl (C=O) groups is 1. The van der Waals surface area contributed by atoms with Crippen molar-refractivity contribution in [3.8, 4) is 0 Å². The van der Waals surface area contributed by atoms with Crippen LogP contribution in [0.1, 0.15) is 13.8 Å². The van der Waals surface area contributed by atoms with Gasteiger partial charge in [-0.2, -0.15) is 0 Å². The van der Waals surface area contributed by atoms with E-state index in [9.17, 15) is 9.36 Å². The lowest BCUT2D eigenvalue weighted by Gasteiger charge is -2.22. The minimum Gasteiger partial charge on any atom is -0.479 e. The van der Waals surface area contributed by atoms with E-state index in [2.05, 4.69) is 0 Å². The summed E-state index contributed by atoms with van der Waals surface area (Å²) in [6, 6.07) is 0. The van der Waals surface area contributed by atoms with Gasteiger partial charge in [0.1, 0.15) is 0 Å². The maximum Gasteiger partial charge on any atom is 0.360 e. The molecule has 0 spiro atoms. The van der Waals surface area contributed by atoms with Crippen molar-refractivity contribution in [1.82, 2.24) is 0 Å². The number of allylic oxidation sites excluding steroid dienone is 1. The molecular formula is C6H12NO5P. The van der Waals surface area contributed by atoms with Gasteiger partial charge >= 0.3 is 13.6 Å². The van der Waals surface area contributed by atoms with Gasteiger partial charge in [0.25, 0.3) is 0 Å². The molecule has 0 rings (SSSR count). The highest BCUT2D eigenvalue weighted by Crippen LogP contribution is 2.48. The molecule has 0 saturated carbocycles. The van der Waals surface area contributed by atoms with E-state index in [1.807, 2.05) is 0 Å². The molecule has 0 saturated heterocycles. The first-order valence-corrected chi connectivity index (χ1v) is 4.96.